The van der Waals surface area contributed by atoms with E-state index in [1.807, 2.05) is 0 Å². The number of amides is 1. The largest absolute Gasteiger partial charge is 0.393 e. The van der Waals surface area contributed by atoms with E-state index in [4.69, 9.17) is 16.3 Å². The molecule has 1 N–H and O–H groups in total. The van der Waals surface area contributed by atoms with E-state index < -0.39 is 0 Å². The molecule has 0 bridgehead atoms. The van der Waals surface area contributed by atoms with Crippen molar-refractivity contribution in [3.8, 4) is 0 Å². The van der Waals surface area contributed by atoms with E-state index in [0.29, 0.717) is 42.6 Å². The second-order valence-corrected chi connectivity index (χ2v) is 7.88. The van der Waals surface area contributed by atoms with Crippen molar-refractivity contribution in [2.75, 3.05) is 13.1 Å². The number of carbonyl (C=O) groups excluding carboxylic acids is 1. The van der Waals surface area contributed by atoms with Gasteiger partial charge < -0.3 is 14.7 Å². The van der Waals surface area contributed by atoms with Crippen LogP contribution in [0.2, 0.25) is 5.02 Å². The van der Waals surface area contributed by atoms with Gasteiger partial charge in [0.25, 0.3) is 5.91 Å². The van der Waals surface area contributed by atoms with Crippen LogP contribution < -0.4 is 0 Å². The summed E-state index contributed by atoms with van der Waals surface area (Å²) in [5, 5.41) is 14.8. The Balaban J connectivity index is 1.67. The Labute approximate surface area is 147 Å². The highest BCUT2D eigenvalue weighted by Gasteiger charge is 2.44. The van der Waals surface area contributed by atoms with E-state index in [1.165, 1.54) is 0 Å². The van der Waals surface area contributed by atoms with Crippen molar-refractivity contribution < 1.29 is 14.6 Å². The fourth-order valence-electron chi connectivity index (χ4n) is 3.80. The molecule has 1 aromatic heterocycles. The highest BCUT2D eigenvalue weighted by atomic mass is 35.5. The van der Waals surface area contributed by atoms with Gasteiger partial charge in [-0.15, -0.1) is 0 Å². The molecule has 2 atom stereocenters. The van der Waals surface area contributed by atoms with E-state index in [1.54, 1.807) is 22.8 Å². The number of rotatable bonds is 2. The van der Waals surface area contributed by atoms with Gasteiger partial charge in [0.1, 0.15) is 0 Å². The third-order valence-electron chi connectivity index (χ3n) is 5.21. The molecule has 0 unspecified atom stereocenters. The molecule has 0 radical (unpaired) electrons. The van der Waals surface area contributed by atoms with Crippen LogP contribution in [0.4, 0.5) is 0 Å². The van der Waals surface area contributed by atoms with E-state index in [9.17, 15) is 9.90 Å². The molecule has 134 valence electrons. The van der Waals surface area contributed by atoms with Gasteiger partial charge in [0.2, 0.25) is 0 Å². The van der Waals surface area contributed by atoms with Gasteiger partial charge in [-0.05, 0) is 25.2 Å². The first-order valence-electron chi connectivity index (χ1n) is 8.64. The molecule has 1 amide bonds. The first kappa shape index (κ1) is 17.7. The van der Waals surface area contributed by atoms with Crippen LogP contribution in [0.3, 0.4) is 0 Å². The minimum Gasteiger partial charge on any atom is -0.393 e. The fraction of sp³-hybridized carbons (Fsp3) is 0.765. The molecule has 2 saturated heterocycles. The maximum atomic E-state index is 12.6. The van der Waals surface area contributed by atoms with Crippen molar-refractivity contribution in [2.45, 2.75) is 57.3 Å². The van der Waals surface area contributed by atoms with Crippen LogP contribution in [0.1, 0.15) is 50.0 Å². The van der Waals surface area contributed by atoms with Crippen molar-refractivity contribution in [2.24, 2.45) is 13.0 Å². The molecule has 6 nitrogen and oxygen atoms in total. The topological polar surface area (TPSA) is 67.6 Å². The number of hydrogen-bond donors (Lipinski definition) is 1. The standard InChI is InChI=1S/C17H26ClN3O3/c1-11(2)14-8-12(22)9-17(24-14)4-6-21(7-5-17)16(23)15-13(18)10-20(3)19-15/h10-12,14,22H,4-9H2,1-3H3/t12-,14-/m1/s1. The van der Waals surface area contributed by atoms with Gasteiger partial charge in [0.05, 0.1) is 22.8 Å². The molecule has 2 fully saturated rings. The van der Waals surface area contributed by atoms with Gasteiger partial charge in [-0.1, -0.05) is 25.4 Å². The molecule has 1 aromatic rings. The zero-order chi connectivity index (χ0) is 17.5. The molecule has 1 spiro atoms. The lowest BCUT2D eigenvalue weighted by atomic mass is 9.80. The Bertz CT molecular complexity index is 608. The van der Waals surface area contributed by atoms with Gasteiger partial charge >= 0.3 is 0 Å². The number of ether oxygens (including phenoxy) is 1. The lowest BCUT2D eigenvalue weighted by Crippen LogP contribution is -2.54. The summed E-state index contributed by atoms with van der Waals surface area (Å²) < 4.78 is 7.92. The molecule has 0 aromatic carbocycles. The third-order valence-corrected chi connectivity index (χ3v) is 5.48. The lowest BCUT2D eigenvalue weighted by Gasteiger charge is -2.48. The number of hydrogen-bond acceptors (Lipinski definition) is 4. The summed E-state index contributed by atoms with van der Waals surface area (Å²) in [7, 11) is 1.75. The number of carbonyl (C=O) groups is 1. The lowest BCUT2D eigenvalue weighted by molar-refractivity contribution is -0.190. The average Bonchev–Trinajstić information content (AvgIpc) is 2.85. The highest BCUT2D eigenvalue weighted by molar-refractivity contribution is 6.33. The molecular weight excluding hydrogens is 330 g/mol. The number of aliphatic hydroxyl groups is 1. The summed E-state index contributed by atoms with van der Waals surface area (Å²) in [5.41, 5.74) is -0.00290. The van der Waals surface area contributed by atoms with Crippen LogP contribution in [0, 0.1) is 5.92 Å². The SMILES string of the molecule is CC(C)[C@H]1C[C@@H](O)CC2(CCN(C(=O)c3nn(C)cc3Cl)CC2)O1. The molecule has 2 aliphatic rings. The van der Waals surface area contributed by atoms with Gasteiger partial charge in [-0.2, -0.15) is 5.10 Å². The quantitative estimate of drug-likeness (QED) is 0.883. The molecule has 3 heterocycles. The fourth-order valence-corrected chi connectivity index (χ4v) is 4.06. The van der Waals surface area contributed by atoms with Crippen molar-refractivity contribution >= 4 is 17.5 Å². The second-order valence-electron chi connectivity index (χ2n) is 7.47. The number of aryl methyl sites for hydroxylation is 1. The normalized spacial score (nSPS) is 27.0. The van der Waals surface area contributed by atoms with Crippen LogP contribution in [-0.2, 0) is 11.8 Å². The van der Waals surface area contributed by atoms with Gasteiger partial charge in [-0.3, -0.25) is 9.48 Å². The minimum atomic E-state index is -0.321. The van der Waals surface area contributed by atoms with Gasteiger partial charge in [0, 0.05) is 32.8 Å². The predicted molar refractivity (Wildman–Crippen MR) is 91.0 cm³/mol. The molecule has 2 aliphatic heterocycles. The van der Waals surface area contributed by atoms with Crippen LogP contribution >= 0.6 is 11.6 Å². The smallest absolute Gasteiger partial charge is 0.275 e. The molecule has 0 aliphatic carbocycles. The minimum absolute atomic E-state index is 0.0845. The van der Waals surface area contributed by atoms with Crippen molar-refractivity contribution in [1.29, 1.82) is 0 Å². The first-order chi connectivity index (χ1) is 11.3. The van der Waals surface area contributed by atoms with Crippen LogP contribution in [-0.4, -0.2) is 56.6 Å². The van der Waals surface area contributed by atoms with Gasteiger partial charge in [-0.25, -0.2) is 0 Å². The summed E-state index contributed by atoms with van der Waals surface area (Å²) in [6.45, 7) is 5.45. The zero-order valence-electron chi connectivity index (χ0n) is 14.5. The van der Waals surface area contributed by atoms with E-state index >= 15 is 0 Å². The molecule has 3 rings (SSSR count). The predicted octanol–water partition coefficient (Wildman–Crippen LogP) is 2.24. The van der Waals surface area contributed by atoms with E-state index in [2.05, 4.69) is 18.9 Å². The van der Waals surface area contributed by atoms with E-state index in [-0.39, 0.29) is 23.7 Å². The maximum absolute atomic E-state index is 12.6. The van der Waals surface area contributed by atoms with Crippen LogP contribution in [0.5, 0.6) is 0 Å². The molecule has 24 heavy (non-hydrogen) atoms. The van der Waals surface area contributed by atoms with Crippen LogP contribution in [0.15, 0.2) is 6.20 Å². The number of piperidine rings is 1. The number of aliphatic hydroxyl groups excluding tert-OH is 1. The Morgan fingerprint density at radius 2 is 2.12 bits per heavy atom. The molecule has 0 saturated carbocycles. The maximum Gasteiger partial charge on any atom is 0.275 e. The molecule has 7 heteroatoms. The van der Waals surface area contributed by atoms with Crippen molar-refractivity contribution in [3.05, 3.63) is 16.9 Å². The van der Waals surface area contributed by atoms with Crippen molar-refractivity contribution in [1.82, 2.24) is 14.7 Å². The third kappa shape index (κ3) is 3.46. The molecular formula is C17H26ClN3O3. The summed E-state index contributed by atoms with van der Waals surface area (Å²) >= 11 is 6.09. The number of likely N-dealkylation sites (tertiary alicyclic amines) is 1. The summed E-state index contributed by atoms with van der Waals surface area (Å²) in [5.74, 6) is 0.246. The summed E-state index contributed by atoms with van der Waals surface area (Å²) in [6, 6.07) is 0. The number of nitrogens with zero attached hydrogens (tertiary/aromatic N) is 3. The Morgan fingerprint density at radius 1 is 1.46 bits per heavy atom. The summed E-state index contributed by atoms with van der Waals surface area (Å²) in [6.07, 6.45) is 4.23. The van der Waals surface area contributed by atoms with Crippen LogP contribution in [0.25, 0.3) is 0 Å². The Hall–Kier alpha value is -1.11. The van der Waals surface area contributed by atoms with E-state index in [0.717, 1.165) is 12.8 Å². The van der Waals surface area contributed by atoms with Crippen molar-refractivity contribution in [3.63, 3.8) is 0 Å². The highest BCUT2D eigenvalue weighted by Crippen LogP contribution is 2.39. The zero-order valence-corrected chi connectivity index (χ0v) is 15.3. The monoisotopic (exact) mass is 355 g/mol. The second kappa shape index (κ2) is 6.65. The summed E-state index contributed by atoms with van der Waals surface area (Å²) in [4.78, 5) is 14.4. The Kier molecular flexibility index (Phi) is 4.91. The average molecular weight is 356 g/mol. The number of halogens is 1. The first-order valence-corrected chi connectivity index (χ1v) is 9.02. The number of aromatic nitrogens is 2. The van der Waals surface area contributed by atoms with Gasteiger partial charge in [0.15, 0.2) is 5.69 Å². The Morgan fingerprint density at radius 3 is 2.67 bits per heavy atom.